The number of anilines is 1. The Hall–Kier alpha value is -2.93. The van der Waals surface area contributed by atoms with Crippen LogP contribution in [0.3, 0.4) is 0 Å². The second-order valence-electron chi connectivity index (χ2n) is 6.48. The average molecular weight is 351 g/mol. The summed E-state index contributed by atoms with van der Waals surface area (Å²) in [6.45, 7) is 2.81. The lowest BCUT2D eigenvalue weighted by atomic mass is 10.1. The molecule has 0 saturated carbocycles. The van der Waals surface area contributed by atoms with Crippen molar-refractivity contribution in [2.24, 2.45) is 0 Å². The lowest BCUT2D eigenvalue weighted by molar-refractivity contribution is 0.0816. The van der Waals surface area contributed by atoms with Crippen LogP contribution in [0.15, 0.2) is 36.5 Å². The van der Waals surface area contributed by atoms with Crippen LogP contribution in [0.1, 0.15) is 10.6 Å². The maximum atomic E-state index is 12.5. The summed E-state index contributed by atoms with van der Waals surface area (Å²) in [4.78, 5) is 28.5. The summed E-state index contributed by atoms with van der Waals surface area (Å²) in [5, 5.41) is 1.07. The van der Waals surface area contributed by atoms with E-state index in [1.54, 1.807) is 14.1 Å². The van der Waals surface area contributed by atoms with Gasteiger partial charge in [0.15, 0.2) is 0 Å². The van der Waals surface area contributed by atoms with Crippen molar-refractivity contribution in [3.63, 3.8) is 0 Å². The lowest BCUT2D eigenvalue weighted by Crippen LogP contribution is -2.37. The second kappa shape index (κ2) is 6.76. The van der Waals surface area contributed by atoms with Gasteiger partial charge in [-0.1, -0.05) is 12.1 Å². The van der Waals surface area contributed by atoms with Gasteiger partial charge in [0.2, 0.25) is 5.82 Å². The number of aromatic nitrogens is 3. The molecule has 1 aromatic carbocycles. The number of carbonyl (C=O) groups excluding carboxylic acids is 1. The van der Waals surface area contributed by atoms with Gasteiger partial charge in [-0.25, -0.2) is 9.97 Å². The minimum atomic E-state index is -0.206. The van der Waals surface area contributed by atoms with Gasteiger partial charge in [-0.2, -0.15) is 0 Å². The van der Waals surface area contributed by atoms with Crippen molar-refractivity contribution in [1.29, 1.82) is 0 Å². The SMILES string of the molecule is CN(C)C(=O)c1nc(-c2cccc3[nH]ccc23)cc(N2CCOCC2)n1. The van der Waals surface area contributed by atoms with E-state index in [1.165, 1.54) is 4.90 Å². The zero-order valence-corrected chi connectivity index (χ0v) is 14.9. The van der Waals surface area contributed by atoms with E-state index in [9.17, 15) is 4.79 Å². The van der Waals surface area contributed by atoms with Crippen LogP contribution in [-0.2, 0) is 4.74 Å². The summed E-state index contributed by atoms with van der Waals surface area (Å²) in [5.74, 6) is 0.764. The number of hydrogen-bond donors (Lipinski definition) is 1. The molecule has 1 fully saturated rings. The van der Waals surface area contributed by atoms with Gasteiger partial charge >= 0.3 is 0 Å². The fraction of sp³-hybridized carbons (Fsp3) is 0.316. The smallest absolute Gasteiger partial charge is 0.291 e. The monoisotopic (exact) mass is 351 g/mol. The molecule has 7 heteroatoms. The molecule has 134 valence electrons. The van der Waals surface area contributed by atoms with Gasteiger partial charge in [-0.15, -0.1) is 0 Å². The van der Waals surface area contributed by atoms with Crippen LogP contribution >= 0.6 is 0 Å². The Labute approximate surface area is 151 Å². The first kappa shape index (κ1) is 16.5. The Morgan fingerprint density at radius 3 is 2.77 bits per heavy atom. The van der Waals surface area contributed by atoms with Crippen LogP contribution in [0.5, 0.6) is 0 Å². The Morgan fingerprint density at radius 2 is 2.00 bits per heavy atom. The van der Waals surface area contributed by atoms with Gasteiger partial charge in [0.25, 0.3) is 5.91 Å². The topological polar surface area (TPSA) is 74.4 Å². The number of ether oxygens (including phenoxy) is 1. The number of hydrogen-bond acceptors (Lipinski definition) is 5. The molecule has 0 atom stereocenters. The van der Waals surface area contributed by atoms with Crippen LogP contribution < -0.4 is 4.90 Å². The summed E-state index contributed by atoms with van der Waals surface area (Å²) in [7, 11) is 3.42. The van der Waals surface area contributed by atoms with Crippen molar-refractivity contribution in [1.82, 2.24) is 19.9 Å². The summed E-state index contributed by atoms with van der Waals surface area (Å²) >= 11 is 0. The largest absolute Gasteiger partial charge is 0.378 e. The number of nitrogens with zero attached hydrogens (tertiary/aromatic N) is 4. The molecule has 0 radical (unpaired) electrons. The van der Waals surface area contributed by atoms with Gasteiger partial charge < -0.3 is 19.5 Å². The van der Waals surface area contributed by atoms with Crippen molar-refractivity contribution in [2.45, 2.75) is 0 Å². The van der Waals surface area contributed by atoms with E-state index >= 15 is 0 Å². The number of benzene rings is 1. The second-order valence-corrected chi connectivity index (χ2v) is 6.48. The van der Waals surface area contributed by atoms with E-state index in [1.807, 2.05) is 36.5 Å². The van der Waals surface area contributed by atoms with E-state index in [0.717, 1.165) is 41.1 Å². The number of rotatable bonds is 3. The first-order chi connectivity index (χ1) is 12.6. The quantitative estimate of drug-likeness (QED) is 0.783. The molecule has 0 bridgehead atoms. The van der Waals surface area contributed by atoms with Gasteiger partial charge in [0, 0.05) is 55.9 Å². The van der Waals surface area contributed by atoms with Gasteiger partial charge in [0.1, 0.15) is 5.82 Å². The summed E-state index contributed by atoms with van der Waals surface area (Å²) in [5.41, 5.74) is 2.76. The third kappa shape index (κ3) is 3.01. The number of fused-ring (bicyclic) bond motifs is 1. The van der Waals surface area contributed by atoms with Crippen LogP contribution in [-0.4, -0.2) is 66.2 Å². The normalized spacial score (nSPS) is 14.6. The highest BCUT2D eigenvalue weighted by Crippen LogP contribution is 2.29. The maximum Gasteiger partial charge on any atom is 0.291 e. The number of H-pyrrole nitrogens is 1. The van der Waals surface area contributed by atoms with Crippen molar-refractivity contribution >= 4 is 22.6 Å². The zero-order valence-electron chi connectivity index (χ0n) is 14.9. The van der Waals surface area contributed by atoms with Crippen molar-refractivity contribution in [3.05, 3.63) is 42.4 Å². The molecular formula is C19H21N5O2. The molecule has 26 heavy (non-hydrogen) atoms. The standard InChI is InChI=1S/C19H21N5O2/c1-23(2)19(25)18-21-16(12-17(22-18)24-8-10-26-11-9-24)13-4-3-5-15-14(13)6-7-20-15/h3-7,12,20H,8-11H2,1-2H3. The van der Waals surface area contributed by atoms with E-state index in [0.29, 0.717) is 13.2 Å². The molecule has 1 aliphatic heterocycles. The van der Waals surface area contributed by atoms with Crippen LogP contribution in [0.2, 0.25) is 0 Å². The van der Waals surface area contributed by atoms with E-state index in [-0.39, 0.29) is 11.7 Å². The number of amides is 1. The van der Waals surface area contributed by atoms with Crippen LogP contribution in [0, 0.1) is 0 Å². The molecule has 0 unspecified atom stereocenters. The highest BCUT2D eigenvalue weighted by Gasteiger charge is 2.20. The van der Waals surface area contributed by atoms with Crippen LogP contribution in [0.25, 0.3) is 22.2 Å². The molecular weight excluding hydrogens is 330 g/mol. The fourth-order valence-corrected chi connectivity index (χ4v) is 3.13. The zero-order chi connectivity index (χ0) is 18.1. The average Bonchev–Trinajstić information content (AvgIpc) is 3.16. The molecule has 1 aliphatic rings. The number of aromatic amines is 1. The third-order valence-corrected chi connectivity index (χ3v) is 4.52. The predicted octanol–water partition coefficient (Wildman–Crippen LogP) is 2.16. The molecule has 3 heterocycles. The third-order valence-electron chi connectivity index (χ3n) is 4.52. The molecule has 0 spiro atoms. The summed E-state index contributed by atoms with van der Waals surface area (Å²) < 4.78 is 5.43. The molecule has 1 amide bonds. The number of nitrogens with one attached hydrogen (secondary N) is 1. The summed E-state index contributed by atoms with van der Waals surface area (Å²) in [6.07, 6.45) is 1.91. The molecule has 2 aromatic heterocycles. The molecule has 1 saturated heterocycles. The van der Waals surface area contributed by atoms with Crippen LogP contribution in [0.4, 0.5) is 5.82 Å². The first-order valence-electron chi connectivity index (χ1n) is 8.63. The maximum absolute atomic E-state index is 12.5. The fourth-order valence-electron chi connectivity index (χ4n) is 3.13. The molecule has 3 aromatic rings. The molecule has 4 rings (SSSR count). The first-order valence-corrected chi connectivity index (χ1v) is 8.63. The Balaban J connectivity index is 1.86. The predicted molar refractivity (Wildman–Crippen MR) is 100 cm³/mol. The minimum absolute atomic E-state index is 0.206. The molecule has 7 nitrogen and oxygen atoms in total. The lowest BCUT2D eigenvalue weighted by Gasteiger charge is -2.28. The van der Waals surface area contributed by atoms with Gasteiger partial charge in [-0.05, 0) is 12.1 Å². The van der Waals surface area contributed by atoms with E-state index in [4.69, 9.17) is 4.74 Å². The number of carbonyl (C=O) groups is 1. The molecule has 0 aliphatic carbocycles. The van der Waals surface area contributed by atoms with E-state index < -0.39 is 0 Å². The van der Waals surface area contributed by atoms with Crippen molar-refractivity contribution in [2.75, 3.05) is 45.3 Å². The number of morpholine rings is 1. The summed E-state index contributed by atoms with van der Waals surface area (Å²) in [6, 6.07) is 10.0. The Morgan fingerprint density at radius 1 is 1.19 bits per heavy atom. The highest BCUT2D eigenvalue weighted by molar-refractivity contribution is 5.96. The Kier molecular flexibility index (Phi) is 4.30. The Bertz CT molecular complexity index is 944. The molecule has 1 N–H and O–H groups in total. The van der Waals surface area contributed by atoms with Crippen molar-refractivity contribution in [3.8, 4) is 11.3 Å². The van der Waals surface area contributed by atoms with Crippen molar-refractivity contribution < 1.29 is 9.53 Å². The minimum Gasteiger partial charge on any atom is -0.378 e. The van der Waals surface area contributed by atoms with Gasteiger partial charge in [0.05, 0.1) is 18.9 Å². The van der Waals surface area contributed by atoms with Gasteiger partial charge in [-0.3, -0.25) is 4.79 Å². The highest BCUT2D eigenvalue weighted by atomic mass is 16.5. The van der Waals surface area contributed by atoms with E-state index in [2.05, 4.69) is 19.9 Å².